The predicted octanol–water partition coefficient (Wildman–Crippen LogP) is 3.00. The number of rotatable bonds is 4. The van der Waals surface area contributed by atoms with Gasteiger partial charge in [-0.05, 0) is 38.1 Å². The molecule has 1 aromatic heterocycles. The van der Waals surface area contributed by atoms with Gasteiger partial charge >= 0.3 is 0 Å². The van der Waals surface area contributed by atoms with E-state index in [4.69, 9.17) is 5.26 Å². The number of nitrogens with zero attached hydrogens (tertiary/aromatic N) is 3. The summed E-state index contributed by atoms with van der Waals surface area (Å²) in [5.74, 6) is -0.0407. The summed E-state index contributed by atoms with van der Waals surface area (Å²) in [4.78, 5) is 18.5. The van der Waals surface area contributed by atoms with Crippen molar-refractivity contribution in [2.24, 2.45) is 0 Å². The third-order valence-electron chi connectivity index (χ3n) is 3.20. The molecule has 0 radical (unpaired) electrons. The average molecular weight is 267 g/mol. The van der Waals surface area contributed by atoms with E-state index in [0.717, 1.165) is 10.9 Å². The van der Waals surface area contributed by atoms with Gasteiger partial charge in [-0.15, -0.1) is 0 Å². The van der Waals surface area contributed by atoms with Crippen LogP contribution >= 0.6 is 0 Å². The largest absolute Gasteiger partial charge is 0.335 e. The molecule has 0 bridgehead atoms. The first-order chi connectivity index (χ1) is 9.63. The minimum Gasteiger partial charge on any atom is -0.335 e. The van der Waals surface area contributed by atoms with Gasteiger partial charge in [-0.2, -0.15) is 5.26 Å². The molecule has 2 rings (SSSR count). The maximum absolute atomic E-state index is 12.5. The van der Waals surface area contributed by atoms with E-state index in [0.29, 0.717) is 18.5 Å². The molecule has 0 saturated carbocycles. The van der Waals surface area contributed by atoms with E-state index in [-0.39, 0.29) is 11.9 Å². The second kappa shape index (κ2) is 6.16. The maximum Gasteiger partial charge on any atom is 0.254 e. The molecular formula is C16H17N3O. The molecular weight excluding hydrogens is 250 g/mol. The van der Waals surface area contributed by atoms with Crippen LogP contribution in [0.1, 0.15) is 30.6 Å². The SMILES string of the molecule is CC(C)N(CCC#N)C(=O)c1ccc2ncccc2c1. The van der Waals surface area contributed by atoms with Crippen LogP contribution < -0.4 is 0 Å². The van der Waals surface area contributed by atoms with Crippen molar-refractivity contribution in [3.63, 3.8) is 0 Å². The highest BCUT2D eigenvalue weighted by Crippen LogP contribution is 2.16. The first kappa shape index (κ1) is 14.0. The molecule has 0 unspecified atom stereocenters. The van der Waals surface area contributed by atoms with Gasteiger partial charge in [0.1, 0.15) is 0 Å². The van der Waals surface area contributed by atoms with Gasteiger partial charge in [0.05, 0.1) is 18.0 Å². The van der Waals surface area contributed by atoms with Crippen LogP contribution in [0.3, 0.4) is 0 Å². The normalized spacial score (nSPS) is 10.5. The van der Waals surface area contributed by atoms with Crippen LogP contribution in [-0.2, 0) is 0 Å². The van der Waals surface area contributed by atoms with E-state index < -0.39 is 0 Å². The average Bonchev–Trinajstić information content (AvgIpc) is 2.46. The van der Waals surface area contributed by atoms with Gasteiger partial charge in [0.2, 0.25) is 0 Å². The van der Waals surface area contributed by atoms with Crippen LogP contribution in [0.15, 0.2) is 36.5 Å². The molecule has 0 saturated heterocycles. The predicted molar refractivity (Wildman–Crippen MR) is 78.1 cm³/mol. The lowest BCUT2D eigenvalue weighted by Gasteiger charge is -2.26. The molecule has 0 atom stereocenters. The van der Waals surface area contributed by atoms with Crippen molar-refractivity contribution >= 4 is 16.8 Å². The topological polar surface area (TPSA) is 57.0 Å². The first-order valence-electron chi connectivity index (χ1n) is 6.66. The maximum atomic E-state index is 12.5. The summed E-state index contributed by atoms with van der Waals surface area (Å²) in [6.45, 7) is 4.37. The fourth-order valence-corrected chi connectivity index (χ4v) is 2.14. The standard InChI is InChI=1S/C16H17N3O/c1-12(2)19(10-4-8-17)16(20)14-6-7-15-13(11-14)5-3-9-18-15/h3,5-7,9,11-12H,4,10H2,1-2H3. The number of amides is 1. The lowest BCUT2D eigenvalue weighted by atomic mass is 10.1. The summed E-state index contributed by atoms with van der Waals surface area (Å²) in [6.07, 6.45) is 2.08. The van der Waals surface area contributed by atoms with Crippen LogP contribution in [0.25, 0.3) is 10.9 Å². The summed E-state index contributed by atoms with van der Waals surface area (Å²) in [5, 5.41) is 9.64. The van der Waals surface area contributed by atoms with Crippen LogP contribution in [0.5, 0.6) is 0 Å². The molecule has 0 fully saturated rings. The van der Waals surface area contributed by atoms with Crippen molar-refractivity contribution in [1.29, 1.82) is 5.26 Å². The Morgan fingerprint density at radius 1 is 1.40 bits per heavy atom. The van der Waals surface area contributed by atoms with Crippen molar-refractivity contribution in [1.82, 2.24) is 9.88 Å². The number of benzene rings is 1. The number of fused-ring (bicyclic) bond motifs is 1. The van der Waals surface area contributed by atoms with Crippen LogP contribution in [0.2, 0.25) is 0 Å². The summed E-state index contributed by atoms with van der Waals surface area (Å²) < 4.78 is 0. The molecule has 0 aliphatic carbocycles. The summed E-state index contributed by atoms with van der Waals surface area (Å²) >= 11 is 0. The highest BCUT2D eigenvalue weighted by atomic mass is 16.2. The molecule has 0 spiro atoms. The van der Waals surface area contributed by atoms with Crippen LogP contribution in [0, 0.1) is 11.3 Å². The van der Waals surface area contributed by atoms with Gasteiger partial charge in [0.25, 0.3) is 5.91 Å². The summed E-state index contributed by atoms with van der Waals surface area (Å²) in [6, 6.07) is 11.4. The van der Waals surface area contributed by atoms with E-state index in [1.807, 2.05) is 38.1 Å². The Balaban J connectivity index is 2.31. The molecule has 0 aliphatic rings. The molecule has 4 heteroatoms. The molecule has 4 nitrogen and oxygen atoms in total. The Morgan fingerprint density at radius 2 is 2.20 bits per heavy atom. The molecule has 102 valence electrons. The Labute approximate surface area is 118 Å². The zero-order valence-electron chi connectivity index (χ0n) is 11.7. The second-order valence-corrected chi connectivity index (χ2v) is 4.91. The van der Waals surface area contributed by atoms with Crippen molar-refractivity contribution in [3.8, 4) is 6.07 Å². The van der Waals surface area contributed by atoms with Crippen LogP contribution in [-0.4, -0.2) is 28.4 Å². The highest BCUT2D eigenvalue weighted by Gasteiger charge is 2.18. The van der Waals surface area contributed by atoms with Gasteiger partial charge < -0.3 is 4.90 Å². The van der Waals surface area contributed by atoms with Gasteiger partial charge in [0.15, 0.2) is 0 Å². The molecule has 1 aromatic carbocycles. The van der Waals surface area contributed by atoms with E-state index in [2.05, 4.69) is 11.1 Å². The Hall–Kier alpha value is -2.41. The second-order valence-electron chi connectivity index (χ2n) is 4.91. The quantitative estimate of drug-likeness (QED) is 0.855. The lowest BCUT2D eigenvalue weighted by molar-refractivity contribution is 0.0710. The minimum absolute atomic E-state index is 0.0407. The zero-order chi connectivity index (χ0) is 14.5. The number of nitriles is 1. The number of aromatic nitrogens is 1. The molecule has 0 N–H and O–H groups in total. The van der Waals surface area contributed by atoms with Crippen molar-refractivity contribution in [2.45, 2.75) is 26.3 Å². The highest BCUT2D eigenvalue weighted by molar-refractivity contribution is 5.98. The molecule has 2 aromatic rings. The fraction of sp³-hybridized carbons (Fsp3) is 0.312. The number of hydrogen-bond acceptors (Lipinski definition) is 3. The number of pyridine rings is 1. The number of carbonyl (C=O) groups excluding carboxylic acids is 1. The first-order valence-corrected chi connectivity index (χ1v) is 6.66. The number of hydrogen-bond donors (Lipinski definition) is 0. The zero-order valence-corrected chi connectivity index (χ0v) is 11.7. The Bertz CT molecular complexity index is 658. The van der Waals surface area contributed by atoms with Crippen molar-refractivity contribution in [3.05, 3.63) is 42.1 Å². The molecule has 1 amide bonds. The van der Waals surface area contributed by atoms with E-state index in [1.54, 1.807) is 17.2 Å². The minimum atomic E-state index is -0.0407. The van der Waals surface area contributed by atoms with Gasteiger partial charge in [-0.3, -0.25) is 9.78 Å². The van der Waals surface area contributed by atoms with Crippen molar-refractivity contribution < 1.29 is 4.79 Å². The van der Waals surface area contributed by atoms with Gasteiger partial charge in [-0.25, -0.2) is 0 Å². The van der Waals surface area contributed by atoms with Crippen molar-refractivity contribution in [2.75, 3.05) is 6.54 Å². The smallest absolute Gasteiger partial charge is 0.254 e. The van der Waals surface area contributed by atoms with E-state index in [9.17, 15) is 4.79 Å². The van der Waals surface area contributed by atoms with E-state index >= 15 is 0 Å². The molecule has 0 aliphatic heterocycles. The molecule has 1 heterocycles. The monoisotopic (exact) mass is 267 g/mol. The third-order valence-corrected chi connectivity index (χ3v) is 3.20. The summed E-state index contributed by atoms with van der Waals surface area (Å²) in [7, 11) is 0. The Morgan fingerprint density at radius 3 is 2.90 bits per heavy atom. The number of carbonyl (C=O) groups is 1. The fourth-order valence-electron chi connectivity index (χ4n) is 2.14. The molecule has 20 heavy (non-hydrogen) atoms. The van der Waals surface area contributed by atoms with Gasteiger partial charge in [-0.1, -0.05) is 6.07 Å². The van der Waals surface area contributed by atoms with E-state index in [1.165, 1.54) is 0 Å². The van der Waals surface area contributed by atoms with Gasteiger partial charge in [0, 0.05) is 29.7 Å². The van der Waals surface area contributed by atoms with Crippen LogP contribution in [0.4, 0.5) is 0 Å². The summed E-state index contributed by atoms with van der Waals surface area (Å²) in [5.41, 5.74) is 1.51. The lowest BCUT2D eigenvalue weighted by Crippen LogP contribution is -2.37. The Kier molecular flexibility index (Phi) is 4.31. The third kappa shape index (κ3) is 2.94.